The lowest BCUT2D eigenvalue weighted by molar-refractivity contribution is 0.0124. The zero-order chi connectivity index (χ0) is 16.6. The Bertz CT molecular complexity index is 722. The van der Waals surface area contributed by atoms with Gasteiger partial charge in [-0.3, -0.25) is 9.89 Å². The number of ether oxygens (including phenoxy) is 1. The molecule has 0 aliphatic carbocycles. The Labute approximate surface area is 137 Å². The summed E-state index contributed by atoms with van der Waals surface area (Å²) in [4.78, 5) is 22.0. The number of amides is 1. The molecule has 1 amide bonds. The number of carbonyl (C=O) groups is 1. The molecule has 2 aromatic heterocycles. The zero-order valence-electron chi connectivity index (χ0n) is 12.9. The van der Waals surface area contributed by atoms with Gasteiger partial charge in [0.25, 0.3) is 5.91 Å². The lowest BCUT2D eigenvalue weighted by Gasteiger charge is -2.23. The minimum Gasteiger partial charge on any atom is -0.371 e. The first-order chi connectivity index (χ1) is 11.6. The first-order valence-corrected chi connectivity index (χ1v) is 7.80. The minimum absolute atomic E-state index is 0.0395. The van der Waals surface area contributed by atoms with Gasteiger partial charge in [-0.25, -0.2) is 14.4 Å². The van der Waals surface area contributed by atoms with Crippen LogP contribution in [-0.2, 0) is 4.74 Å². The van der Waals surface area contributed by atoms with E-state index in [0.29, 0.717) is 31.3 Å². The second kappa shape index (κ2) is 5.82. The molecule has 0 unspecified atom stereocenters. The summed E-state index contributed by atoms with van der Waals surface area (Å²) in [5, 5.41) is 9.67. The molecule has 0 bridgehead atoms. The van der Waals surface area contributed by atoms with Crippen molar-refractivity contribution in [3.63, 3.8) is 0 Å². The summed E-state index contributed by atoms with van der Waals surface area (Å²) in [7, 11) is 0. The zero-order valence-corrected chi connectivity index (χ0v) is 12.9. The Hall–Kier alpha value is -2.55. The van der Waals surface area contributed by atoms with Crippen molar-refractivity contribution in [1.29, 1.82) is 0 Å². The highest BCUT2D eigenvalue weighted by Crippen LogP contribution is 2.36. The van der Waals surface area contributed by atoms with E-state index in [1.807, 2.05) is 0 Å². The maximum Gasteiger partial charge on any atom is 0.271 e. The predicted octanol–water partition coefficient (Wildman–Crippen LogP) is 0.824. The predicted molar refractivity (Wildman–Crippen MR) is 81.8 cm³/mol. The number of carbonyl (C=O) groups excluding carboxylic acids is 1. The SMILES string of the molecule is O=C(c1ccn[nH]1)N1CC[C@]2(C[C@H](Nc3ncc(F)cn3)CO2)C1. The Morgan fingerprint density at radius 1 is 1.46 bits per heavy atom. The third-order valence-electron chi connectivity index (χ3n) is 4.50. The topological polar surface area (TPSA) is 96.0 Å². The van der Waals surface area contributed by atoms with E-state index in [2.05, 4.69) is 25.5 Å². The molecule has 0 saturated carbocycles. The molecule has 126 valence electrons. The average Bonchev–Trinajstić information content (AvgIpc) is 3.32. The number of likely N-dealkylation sites (tertiary alicyclic amines) is 1. The number of anilines is 1. The van der Waals surface area contributed by atoms with Gasteiger partial charge in [-0.05, 0) is 12.5 Å². The van der Waals surface area contributed by atoms with Gasteiger partial charge in [-0.1, -0.05) is 0 Å². The summed E-state index contributed by atoms with van der Waals surface area (Å²) in [5.41, 5.74) is 0.146. The van der Waals surface area contributed by atoms with Crippen LogP contribution in [0.2, 0.25) is 0 Å². The Morgan fingerprint density at radius 3 is 3.04 bits per heavy atom. The molecule has 2 aliphatic rings. The van der Waals surface area contributed by atoms with Gasteiger partial charge < -0.3 is 15.0 Å². The fourth-order valence-electron chi connectivity index (χ4n) is 3.35. The molecule has 1 spiro atoms. The van der Waals surface area contributed by atoms with Crippen LogP contribution < -0.4 is 5.32 Å². The average molecular weight is 332 g/mol. The molecular weight excluding hydrogens is 315 g/mol. The van der Waals surface area contributed by atoms with E-state index in [0.717, 1.165) is 25.2 Å². The van der Waals surface area contributed by atoms with Crippen molar-refractivity contribution in [1.82, 2.24) is 25.1 Å². The number of hydrogen-bond acceptors (Lipinski definition) is 6. The molecule has 2 fully saturated rings. The van der Waals surface area contributed by atoms with E-state index in [-0.39, 0.29) is 17.6 Å². The fourth-order valence-corrected chi connectivity index (χ4v) is 3.35. The lowest BCUT2D eigenvalue weighted by atomic mass is 9.97. The van der Waals surface area contributed by atoms with Gasteiger partial charge in [-0.15, -0.1) is 0 Å². The molecule has 24 heavy (non-hydrogen) atoms. The Balaban J connectivity index is 1.37. The van der Waals surface area contributed by atoms with E-state index in [1.54, 1.807) is 17.2 Å². The highest BCUT2D eigenvalue weighted by Gasteiger charge is 2.47. The smallest absolute Gasteiger partial charge is 0.271 e. The summed E-state index contributed by atoms with van der Waals surface area (Å²) >= 11 is 0. The number of rotatable bonds is 3. The molecular formula is C15H17FN6O2. The molecule has 2 saturated heterocycles. The van der Waals surface area contributed by atoms with E-state index in [1.165, 1.54) is 0 Å². The van der Waals surface area contributed by atoms with Gasteiger partial charge >= 0.3 is 0 Å². The molecule has 0 radical (unpaired) electrons. The van der Waals surface area contributed by atoms with E-state index in [9.17, 15) is 9.18 Å². The van der Waals surface area contributed by atoms with Gasteiger partial charge in [0, 0.05) is 19.2 Å². The van der Waals surface area contributed by atoms with Crippen LogP contribution in [0.5, 0.6) is 0 Å². The fraction of sp³-hybridized carbons (Fsp3) is 0.467. The monoisotopic (exact) mass is 332 g/mol. The number of aromatic amines is 1. The third-order valence-corrected chi connectivity index (χ3v) is 4.50. The van der Waals surface area contributed by atoms with Crippen LogP contribution in [0.25, 0.3) is 0 Å². The Morgan fingerprint density at radius 2 is 2.29 bits per heavy atom. The van der Waals surface area contributed by atoms with Gasteiger partial charge in [0.05, 0.1) is 37.2 Å². The highest BCUT2D eigenvalue weighted by molar-refractivity contribution is 5.92. The first kappa shape index (κ1) is 15.0. The number of halogens is 1. The van der Waals surface area contributed by atoms with Crippen molar-refractivity contribution >= 4 is 11.9 Å². The van der Waals surface area contributed by atoms with E-state index >= 15 is 0 Å². The van der Waals surface area contributed by atoms with Gasteiger partial charge in [0.15, 0.2) is 5.82 Å². The lowest BCUT2D eigenvalue weighted by Crippen LogP contribution is -2.36. The highest BCUT2D eigenvalue weighted by atomic mass is 19.1. The van der Waals surface area contributed by atoms with Crippen LogP contribution >= 0.6 is 0 Å². The minimum atomic E-state index is -0.469. The second-order valence-electron chi connectivity index (χ2n) is 6.21. The normalized spacial score (nSPS) is 26.2. The number of nitrogens with zero attached hydrogens (tertiary/aromatic N) is 4. The molecule has 8 nitrogen and oxygen atoms in total. The molecule has 2 atom stereocenters. The van der Waals surface area contributed by atoms with Crippen LogP contribution in [0.15, 0.2) is 24.7 Å². The summed E-state index contributed by atoms with van der Waals surface area (Å²) in [6, 6.07) is 1.71. The maximum atomic E-state index is 12.9. The summed E-state index contributed by atoms with van der Waals surface area (Å²) in [6.07, 6.45) is 5.35. The van der Waals surface area contributed by atoms with Crippen LogP contribution in [0.1, 0.15) is 23.3 Å². The molecule has 0 aromatic carbocycles. The van der Waals surface area contributed by atoms with E-state index in [4.69, 9.17) is 4.74 Å². The summed E-state index contributed by atoms with van der Waals surface area (Å²) in [5.74, 6) is -0.153. The molecule has 2 aromatic rings. The van der Waals surface area contributed by atoms with Crippen molar-refractivity contribution < 1.29 is 13.9 Å². The van der Waals surface area contributed by atoms with Crippen LogP contribution in [0.3, 0.4) is 0 Å². The van der Waals surface area contributed by atoms with E-state index < -0.39 is 5.82 Å². The molecule has 4 rings (SSSR count). The maximum absolute atomic E-state index is 12.9. The van der Waals surface area contributed by atoms with Gasteiger partial charge in [-0.2, -0.15) is 5.10 Å². The van der Waals surface area contributed by atoms with Crippen LogP contribution in [0.4, 0.5) is 10.3 Å². The van der Waals surface area contributed by atoms with Crippen molar-refractivity contribution in [3.8, 4) is 0 Å². The number of nitrogens with one attached hydrogen (secondary N) is 2. The second-order valence-corrected chi connectivity index (χ2v) is 6.21. The molecule has 2 aliphatic heterocycles. The van der Waals surface area contributed by atoms with Crippen LogP contribution in [0, 0.1) is 5.82 Å². The standard InChI is InChI=1S/C15H17FN6O2/c16-10-6-17-14(18-7-10)20-11-5-15(24-8-11)2-4-22(9-15)13(23)12-1-3-19-21-12/h1,3,6-7,11H,2,4-5,8-9H2,(H,19,21)(H,17,18,20)/t11-,15-/m0/s1. The summed E-state index contributed by atoms with van der Waals surface area (Å²) in [6.45, 7) is 1.71. The van der Waals surface area contributed by atoms with Crippen molar-refractivity contribution in [2.75, 3.05) is 25.0 Å². The third kappa shape index (κ3) is 2.82. The van der Waals surface area contributed by atoms with Crippen molar-refractivity contribution in [2.45, 2.75) is 24.5 Å². The van der Waals surface area contributed by atoms with Crippen molar-refractivity contribution in [2.24, 2.45) is 0 Å². The van der Waals surface area contributed by atoms with Crippen LogP contribution in [-0.4, -0.2) is 62.3 Å². The number of hydrogen-bond donors (Lipinski definition) is 2. The Kier molecular flexibility index (Phi) is 3.64. The first-order valence-electron chi connectivity index (χ1n) is 7.80. The van der Waals surface area contributed by atoms with Gasteiger partial charge in [0.1, 0.15) is 5.69 Å². The molecule has 4 heterocycles. The van der Waals surface area contributed by atoms with Gasteiger partial charge in [0.2, 0.25) is 5.95 Å². The van der Waals surface area contributed by atoms with Crippen molar-refractivity contribution in [3.05, 3.63) is 36.2 Å². The molecule has 9 heteroatoms. The number of H-pyrrole nitrogens is 1. The largest absolute Gasteiger partial charge is 0.371 e. The summed E-state index contributed by atoms with van der Waals surface area (Å²) < 4.78 is 18.8. The quantitative estimate of drug-likeness (QED) is 0.864. The molecule has 2 N–H and O–H groups in total. The number of aromatic nitrogens is 4.